The summed E-state index contributed by atoms with van der Waals surface area (Å²) >= 11 is 0. The van der Waals surface area contributed by atoms with Crippen molar-refractivity contribution in [2.45, 2.75) is 6.54 Å². The molecule has 134 valence electrons. The van der Waals surface area contributed by atoms with Crippen LogP contribution < -0.4 is 19.5 Å². The van der Waals surface area contributed by atoms with Gasteiger partial charge in [-0.25, -0.2) is 0 Å². The number of hydrogen-bond donors (Lipinski definition) is 1. The van der Waals surface area contributed by atoms with Gasteiger partial charge in [-0.05, 0) is 34.5 Å². The molecule has 0 radical (unpaired) electrons. The monoisotopic (exact) mass is 351 g/mol. The van der Waals surface area contributed by atoms with Crippen molar-refractivity contribution in [2.75, 3.05) is 21.3 Å². The quantitative estimate of drug-likeness (QED) is 0.734. The molecule has 0 aliphatic carbocycles. The fourth-order valence-corrected chi connectivity index (χ4v) is 2.85. The third kappa shape index (κ3) is 3.57. The minimum atomic E-state index is -0.211. The van der Waals surface area contributed by atoms with E-state index in [0.717, 1.165) is 10.9 Å². The Morgan fingerprint density at radius 2 is 1.50 bits per heavy atom. The summed E-state index contributed by atoms with van der Waals surface area (Å²) in [5.74, 6) is 1.14. The van der Waals surface area contributed by atoms with Gasteiger partial charge in [0, 0.05) is 12.1 Å². The molecule has 0 saturated heterocycles. The van der Waals surface area contributed by atoms with Crippen LogP contribution in [-0.4, -0.2) is 27.2 Å². The van der Waals surface area contributed by atoms with Crippen LogP contribution in [0.4, 0.5) is 0 Å². The average molecular weight is 351 g/mol. The number of nitrogens with one attached hydrogen (secondary N) is 1. The SMILES string of the molecule is COc1cc(C(=O)NCc2ccc3ccccc3c2)cc(OC)c1OC. The first-order valence-electron chi connectivity index (χ1n) is 8.22. The maximum absolute atomic E-state index is 12.6. The largest absolute Gasteiger partial charge is 0.493 e. The number of carbonyl (C=O) groups excluding carboxylic acids is 1. The van der Waals surface area contributed by atoms with Crippen LogP contribution in [0.5, 0.6) is 17.2 Å². The van der Waals surface area contributed by atoms with Gasteiger partial charge in [-0.2, -0.15) is 0 Å². The molecular weight excluding hydrogens is 330 g/mol. The molecule has 3 rings (SSSR count). The molecule has 5 heteroatoms. The van der Waals surface area contributed by atoms with Gasteiger partial charge in [-0.1, -0.05) is 36.4 Å². The minimum Gasteiger partial charge on any atom is -0.493 e. The number of fused-ring (bicyclic) bond motifs is 1. The third-order valence-corrected chi connectivity index (χ3v) is 4.19. The van der Waals surface area contributed by atoms with Crippen molar-refractivity contribution >= 4 is 16.7 Å². The van der Waals surface area contributed by atoms with E-state index in [-0.39, 0.29) is 5.91 Å². The van der Waals surface area contributed by atoms with E-state index in [1.807, 2.05) is 18.2 Å². The minimum absolute atomic E-state index is 0.211. The van der Waals surface area contributed by atoms with Crippen LogP contribution in [0.2, 0.25) is 0 Å². The molecule has 0 saturated carbocycles. The predicted molar refractivity (Wildman–Crippen MR) is 101 cm³/mol. The molecule has 0 aliphatic heterocycles. The molecule has 26 heavy (non-hydrogen) atoms. The zero-order valence-corrected chi connectivity index (χ0v) is 15.0. The Morgan fingerprint density at radius 3 is 2.12 bits per heavy atom. The van der Waals surface area contributed by atoms with Gasteiger partial charge in [-0.3, -0.25) is 4.79 Å². The van der Waals surface area contributed by atoms with Crippen molar-refractivity contribution in [3.05, 3.63) is 65.7 Å². The molecule has 0 aliphatic rings. The van der Waals surface area contributed by atoms with E-state index in [2.05, 4.69) is 29.6 Å². The van der Waals surface area contributed by atoms with Crippen LogP contribution in [0.3, 0.4) is 0 Å². The predicted octanol–water partition coefficient (Wildman–Crippen LogP) is 3.80. The summed E-state index contributed by atoms with van der Waals surface area (Å²) in [7, 11) is 4.57. The number of amides is 1. The Balaban J connectivity index is 1.78. The molecule has 5 nitrogen and oxygen atoms in total. The van der Waals surface area contributed by atoms with Gasteiger partial charge in [0.1, 0.15) is 0 Å². The summed E-state index contributed by atoms with van der Waals surface area (Å²) in [6.07, 6.45) is 0. The highest BCUT2D eigenvalue weighted by Crippen LogP contribution is 2.38. The maximum Gasteiger partial charge on any atom is 0.251 e. The van der Waals surface area contributed by atoms with Crippen LogP contribution in [0.15, 0.2) is 54.6 Å². The Morgan fingerprint density at radius 1 is 0.846 bits per heavy atom. The van der Waals surface area contributed by atoms with E-state index in [0.29, 0.717) is 29.4 Å². The van der Waals surface area contributed by atoms with E-state index in [1.165, 1.54) is 26.7 Å². The molecule has 0 fully saturated rings. The Kier molecular flexibility index (Phi) is 5.27. The van der Waals surface area contributed by atoms with Gasteiger partial charge in [0.05, 0.1) is 21.3 Å². The summed E-state index contributed by atoms with van der Waals surface area (Å²) in [6, 6.07) is 17.5. The first-order chi connectivity index (χ1) is 12.7. The Bertz CT molecular complexity index is 911. The standard InChI is InChI=1S/C21H21NO4/c1-24-18-11-17(12-19(25-2)20(18)26-3)21(23)22-13-14-8-9-15-6-4-5-7-16(15)10-14/h4-12H,13H2,1-3H3,(H,22,23). The molecule has 0 heterocycles. The van der Waals surface area contributed by atoms with E-state index in [1.54, 1.807) is 12.1 Å². The Hall–Kier alpha value is -3.21. The maximum atomic E-state index is 12.6. The molecule has 0 aromatic heterocycles. The summed E-state index contributed by atoms with van der Waals surface area (Å²) in [4.78, 5) is 12.6. The molecule has 1 N–H and O–H groups in total. The molecule has 0 unspecified atom stereocenters. The van der Waals surface area contributed by atoms with Crippen LogP contribution >= 0.6 is 0 Å². The second kappa shape index (κ2) is 7.78. The number of hydrogen-bond acceptors (Lipinski definition) is 4. The van der Waals surface area contributed by atoms with E-state index < -0.39 is 0 Å². The molecule has 1 amide bonds. The van der Waals surface area contributed by atoms with Crippen molar-refractivity contribution in [2.24, 2.45) is 0 Å². The highest BCUT2D eigenvalue weighted by atomic mass is 16.5. The van der Waals surface area contributed by atoms with Crippen molar-refractivity contribution in [3.63, 3.8) is 0 Å². The van der Waals surface area contributed by atoms with Crippen molar-refractivity contribution in [1.29, 1.82) is 0 Å². The third-order valence-electron chi connectivity index (χ3n) is 4.19. The zero-order chi connectivity index (χ0) is 18.5. The Labute approximate surface area is 152 Å². The van der Waals surface area contributed by atoms with Crippen LogP contribution in [-0.2, 0) is 6.54 Å². The lowest BCUT2D eigenvalue weighted by molar-refractivity contribution is 0.0950. The number of ether oxygens (including phenoxy) is 3. The van der Waals surface area contributed by atoms with Gasteiger partial charge in [-0.15, -0.1) is 0 Å². The fraction of sp³-hybridized carbons (Fsp3) is 0.190. The van der Waals surface area contributed by atoms with Gasteiger partial charge < -0.3 is 19.5 Å². The lowest BCUT2D eigenvalue weighted by Crippen LogP contribution is -2.23. The van der Waals surface area contributed by atoms with E-state index >= 15 is 0 Å². The van der Waals surface area contributed by atoms with Crippen LogP contribution in [0.1, 0.15) is 15.9 Å². The fourth-order valence-electron chi connectivity index (χ4n) is 2.85. The number of carbonyl (C=O) groups is 1. The zero-order valence-electron chi connectivity index (χ0n) is 15.0. The van der Waals surface area contributed by atoms with Gasteiger partial charge in [0.15, 0.2) is 11.5 Å². The van der Waals surface area contributed by atoms with Crippen molar-refractivity contribution < 1.29 is 19.0 Å². The first kappa shape index (κ1) is 17.6. The first-order valence-corrected chi connectivity index (χ1v) is 8.22. The molecule has 3 aromatic carbocycles. The number of methoxy groups -OCH3 is 3. The number of rotatable bonds is 6. The van der Waals surface area contributed by atoms with Crippen LogP contribution in [0, 0.1) is 0 Å². The van der Waals surface area contributed by atoms with Crippen molar-refractivity contribution in [1.82, 2.24) is 5.32 Å². The topological polar surface area (TPSA) is 56.8 Å². The molecule has 0 spiro atoms. The molecule has 3 aromatic rings. The summed E-state index contributed by atoms with van der Waals surface area (Å²) in [5.41, 5.74) is 1.48. The molecular formula is C21H21NO4. The van der Waals surface area contributed by atoms with Gasteiger partial charge >= 0.3 is 0 Å². The summed E-state index contributed by atoms with van der Waals surface area (Å²) in [5, 5.41) is 5.25. The molecule has 0 bridgehead atoms. The van der Waals surface area contributed by atoms with E-state index in [4.69, 9.17) is 14.2 Å². The lowest BCUT2D eigenvalue weighted by atomic mass is 10.1. The van der Waals surface area contributed by atoms with E-state index in [9.17, 15) is 4.79 Å². The average Bonchev–Trinajstić information content (AvgIpc) is 2.70. The van der Waals surface area contributed by atoms with Crippen molar-refractivity contribution in [3.8, 4) is 17.2 Å². The number of benzene rings is 3. The highest BCUT2D eigenvalue weighted by Gasteiger charge is 2.16. The summed E-state index contributed by atoms with van der Waals surface area (Å²) < 4.78 is 15.9. The summed E-state index contributed by atoms with van der Waals surface area (Å²) in [6.45, 7) is 0.431. The van der Waals surface area contributed by atoms with Gasteiger partial charge in [0.2, 0.25) is 5.75 Å². The second-order valence-electron chi connectivity index (χ2n) is 5.78. The van der Waals surface area contributed by atoms with Crippen LogP contribution in [0.25, 0.3) is 10.8 Å². The molecule has 0 atom stereocenters. The van der Waals surface area contributed by atoms with Gasteiger partial charge in [0.25, 0.3) is 5.91 Å². The second-order valence-corrected chi connectivity index (χ2v) is 5.78. The lowest BCUT2D eigenvalue weighted by Gasteiger charge is -2.14. The highest BCUT2D eigenvalue weighted by molar-refractivity contribution is 5.95. The smallest absolute Gasteiger partial charge is 0.251 e. The normalized spacial score (nSPS) is 10.4.